The number of likely N-dealkylation sites (N-methyl/N-ethyl adjacent to an activating group) is 1. The van der Waals surface area contributed by atoms with E-state index in [2.05, 4.69) is 5.32 Å². The number of anilines is 2. The van der Waals surface area contributed by atoms with Gasteiger partial charge in [-0.3, -0.25) is 4.79 Å². The standard InChI is InChI=1S/C17H16N2O2S/c1-19-15-12(9-6-10-13(15)21-2)14(17(19)22)16(20)18-11-7-4-3-5-8-11/h3-10,14H,1-2H3,(H,18,20). The van der Waals surface area contributed by atoms with E-state index < -0.39 is 5.92 Å². The van der Waals surface area contributed by atoms with Crippen LogP contribution in [0.1, 0.15) is 11.5 Å². The molecule has 5 heteroatoms. The predicted molar refractivity (Wildman–Crippen MR) is 91.8 cm³/mol. The number of thiocarbonyl (C=S) groups is 1. The van der Waals surface area contributed by atoms with E-state index in [-0.39, 0.29) is 5.91 Å². The first-order chi connectivity index (χ1) is 10.6. The predicted octanol–water partition coefficient (Wildman–Crippen LogP) is 3.19. The third kappa shape index (κ3) is 2.33. The Morgan fingerprint density at radius 2 is 1.91 bits per heavy atom. The molecule has 112 valence electrons. The van der Waals surface area contributed by atoms with Crippen LogP contribution in [0.5, 0.6) is 5.75 Å². The fourth-order valence-corrected chi connectivity index (χ4v) is 3.05. The molecule has 0 aromatic heterocycles. The first-order valence-electron chi connectivity index (χ1n) is 6.94. The minimum Gasteiger partial charge on any atom is -0.495 e. The normalized spacial score (nSPS) is 16.4. The van der Waals surface area contributed by atoms with Crippen LogP contribution in [0.3, 0.4) is 0 Å². The first kappa shape index (κ1) is 14.5. The van der Waals surface area contributed by atoms with E-state index in [1.807, 2.05) is 60.5 Å². The quantitative estimate of drug-likeness (QED) is 0.884. The van der Waals surface area contributed by atoms with Crippen molar-refractivity contribution in [3.63, 3.8) is 0 Å². The van der Waals surface area contributed by atoms with Crippen molar-refractivity contribution in [3.05, 3.63) is 54.1 Å². The van der Waals surface area contributed by atoms with Gasteiger partial charge in [-0.25, -0.2) is 0 Å². The number of para-hydroxylation sites is 2. The van der Waals surface area contributed by atoms with Crippen molar-refractivity contribution in [2.24, 2.45) is 0 Å². The number of benzene rings is 2. The molecule has 22 heavy (non-hydrogen) atoms. The van der Waals surface area contributed by atoms with E-state index >= 15 is 0 Å². The van der Waals surface area contributed by atoms with Crippen molar-refractivity contribution in [1.29, 1.82) is 0 Å². The molecule has 1 heterocycles. The van der Waals surface area contributed by atoms with E-state index in [9.17, 15) is 4.79 Å². The minimum absolute atomic E-state index is 0.130. The Morgan fingerprint density at radius 1 is 1.18 bits per heavy atom. The van der Waals surface area contributed by atoms with Gasteiger partial charge in [-0.15, -0.1) is 0 Å². The molecule has 0 fully saturated rings. The summed E-state index contributed by atoms with van der Waals surface area (Å²) < 4.78 is 5.39. The molecule has 0 saturated heterocycles. The monoisotopic (exact) mass is 312 g/mol. The number of hydrogen-bond donors (Lipinski definition) is 1. The number of carbonyl (C=O) groups excluding carboxylic acids is 1. The smallest absolute Gasteiger partial charge is 0.238 e. The van der Waals surface area contributed by atoms with Crippen molar-refractivity contribution in [1.82, 2.24) is 0 Å². The second-order valence-electron chi connectivity index (χ2n) is 5.08. The summed E-state index contributed by atoms with van der Waals surface area (Å²) in [5, 5.41) is 2.92. The SMILES string of the molecule is COc1cccc2c1N(C)C(=S)C2C(=O)Nc1ccccc1. The van der Waals surface area contributed by atoms with Gasteiger partial charge in [0.25, 0.3) is 0 Å². The molecule has 0 bridgehead atoms. The third-order valence-electron chi connectivity index (χ3n) is 3.78. The van der Waals surface area contributed by atoms with E-state index in [0.29, 0.717) is 4.99 Å². The van der Waals surface area contributed by atoms with Crippen LogP contribution in [0.25, 0.3) is 0 Å². The number of hydrogen-bond acceptors (Lipinski definition) is 3. The fraction of sp³-hybridized carbons (Fsp3) is 0.176. The lowest BCUT2D eigenvalue weighted by Crippen LogP contribution is -2.30. The number of carbonyl (C=O) groups is 1. The maximum Gasteiger partial charge on any atom is 0.238 e. The van der Waals surface area contributed by atoms with Gasteiger partial charge in [-0.2, -0.15) is 0 Å². The van der Waals surface area contributed by atoms with E-state index in [1.54, 1.807) is 7.11 Å². The topological polar surface area (TPSA) is 41.6 Å². The van der Waals surface area contributed by atoms with Crippen molar-refractivity contribution in [3.8, 4) is 5.75 Å². The number of nitrogens with zero attached hydrogens (tertiary/aromatic N) is 1. The Bertz CT molecular complexity index is 731. The van der Waals surface area contributed by atoms with Gasteiger partial charge in [-0.05, 0) is 23.8 Å². The molecule has 0 radical (unpaired) electrons. The number of rotatable bonds is 3. The maximum absolute atomic E-state index is 12.7. The zero-order valence-electron chi connectivity index (χ0n) is 12.4. The minimum atomic E-state index is -0.481. The highest BCUT2D eigenvalue weighted by molar-refractivity contribution is 7.80. The molecule has 1 aliphatic heterocycles. The summed E-state index contributed by atoms with van der Waals surface area (Å²) in [5.74, 6) is 0.109. The number of methoxy groups -OCH3 is 1. The highest BCUT2D eigenvalue weighted by Crippen LogP contribution is 2.43. The van der Waals surface area contributed by atoms with Crippen LogP contribution in [-0.2, 0) is 4.79 Å². The number of fused-ring (bicyclic) bond motifs is 1. The van der Waals surface area contributed by atoms with Crippen molar-refractivity contribution < 1.29 is 9.53 Å². The molecule has 1 amide bonds. The first-order valence-corrected chi connectivity index (χ1v) is 7.34. The summed E-state index contributed by atoms with van der Waals surface area (Å²) in [4.78, 5) is 15.1. The Labute approximate surface area is 134 Å². The number of ether oxygens (including phenoxy) is 1. The van der Waals surface area contributed by atoms with Gasteiger partial charge in [-0.1, -0.05) is 42.5 Å². The summed E-state index contributed by atoms with van der Waals surface area (Å²) in [6.45, 7) is 0. The molecule has 1 aliphatic rings. The van der Waals surface area contributed by atoms with Crippen LogP contribution >= 0.6 is 12.2 Å². The molecule has 1 atom stereocenters. The lowest BCUT2D eigenvalue weighted by atomic mass is 10.00. The Balaban J connectivity index is 1.96. The van der Waals surface area contributed by atoms with Crippen LogP contribution in [0.4, 0.5) is 11.4 Å². The molecule has 4 nitrogen and oxygen atoms in total. The molecule has 3 rings (SSSR count). The lowest BCUT2D eigenvalue weighted by molar-refractivity contribution is -0.116. The molecule has 0 spiro atoms. The Kier molecular flexibility index (Phi) is 3.81. The van der Waals surface area contributed by atoms with Crippen LogP contribution in [0.15, 0.2) is 48.5 Å². The van der Waals surface area contributed by atoms with Gasteiger partial charge in [0.05, 0.1) is 17.8 Å². The molecule has 2 aromatic rings. The van der Waals surface area contributed by atoms with E-state index in [1.165, 1.54) is 0 Å². The van der Waals surface area contributed by atoms with Crippen LogP contribution in [0.2, 0.25) is 0 Å². The zero-order valence-corrected chi connectivity index (χ0v) is 13.2. The van der Waals surface area contributed by atoms with Crippen molar-refractivity contribution >= 4 is 34.5 Å². The van der Waals surface area contributed by atoms with Gasteiger partial charge >= 0.3 is 0 Å². The summed E-state index contributed by atoms with van der Waals surface area (Å²) in [7, 11) is 3.48. The molecule has 0 saturated carbocycles. The number of nitrogens with one attached hydrogen (secondary N) is 1. The maximum atomic E-state index is 12.7. The highest BCUT2D eigenvalue weighted by atomic mass is 32.1. The van der Waals surface area contributed by atoms with Crippen LogP contribution in [-0.4, -0.2) is 25.1 Å². The van der Waals surface area contributed by atoms with Gasteiger partial charge in [0.2, 0.25) is 5.91 Å². The second-order valence-corrected chi connectivity index (χ2v) is 5.50. The summed E-state index contributed by atoms with van der Waals surface area (Å²) in [5.41, 5.74) is 2.50. The van der Waals surface area contributed by atoms with E-state index in [0.717, 1.165) is 22.7 Å². The van der Waals surface area contributed by atoms with Crippen molar-refractivity contribution in [2.45, 2.75) is 5.92 Å². The van der Waals surface area contributed by atoms with Gasteiger partial charge in [0.1, 0.15) is 11.7 Å². The Morgan fingerprint density at radius 3 is 2.59 bits per heavy atom. The molecule has 1 N–H and O–H groups in total. The average molecular weight is 312 g/mol. The van der Waals surface area contributed by atoms with Gasteiger partial charge in [0.15, 0.2) is 0 Å². The van der Waals surface area contributed by atoms with Gasteiger partial charge in [0, 0.05) is 12.7 Å². The molecular formula is C17H16N2O2S. The summed E-state index contributed by atoms with van der Waals surface area (Å²) >= 11 is 5.48. The van der Waals surface area contributed by atoms with E-state index in [4.69, 9.17) is 17.0 Å². The Hall–Kier alpha value is -2.40. The third-order valence-corrected chi connectivity index (χ3v) is 4.29. The van der Waals surface area contributed by atoms with Crippen LogP contribution < -0.4 is 15.0 Å². The number of amides is 1. The zero-order chi connectivity index (χ0) is 15.7. The molecule has 1 unspecified atom stereocenters. The van der Waals surface area contributed by atoms with Crippen LogP contribution in [0, 0.1) is 0 Å². The average Bonchev–Trinajstić information content (AvgIpc) is 2.80. The fourth-order valence-electron chi connectivity index (χ4n) is 2.72. The summed E-state index contributed by atoms with van der Waals surface area (Å²) in [6, 6.07) is 15.0. The highest BCUT2D eigenvalue weighted by Gasteiger charge is 2.38. The lowest BCUT2D eigenvalue weighted by Gasteiger charge is -2.16. The summed E-state index contributed by atoms with van der Waals surface area (Å²) in [6.07, 6.45) is 0. The molecular weight excluding hydrogens is 296 g/mol. The molecule has 0 aliphatic carbocycles. The largest absolute Gasteiger partial charge is 0.495 e. The second kappa shape index (κ2) is 5.77. The molecule has 2 aromatic carbocycles. The van der Waals surface area contributed by atoms with Crippen molar-refractivity contribution in [2.75, 3.05) is 24.4 Å². The van der Waals surface area contributed by atoms with Gasteiger partial charge < -0.3 is 15.0 Å².